The lowest BCUT2D eigenvalue weighted by Crippen LogP contribution is -2.33. The topological polar surface area (TPSA) is 80.6 Å². The average molecular weight is 606 g/mol. The van der Waals surface area contributed by atoms with Crippen molar-refractivity contribution in [2.75, 3.05) is 41.9 Å². The first-order valence-corrected chi connectivity index (χ1v) is 15.0. The first-order valence-electron chi connectivity index (χ1n) is 15.0. The van der Waals surface area contributed by atoms with Crippen molar-refractivity contribution >= 4 is 17.8 Å². The Labute approximate surface area is 263 Å². The van der Waals surface area contributed by atoms with Crippen molar-refractivity contribution in [2.24, 2.45) is 0 Å². The number of benzene rings is 4. The van der Waals surface area contributed by atoms with Crippen LogP contribution in [0, 0.1) is 0 Å². The number of fused-ring (bicyclic) bond motifs is 2. The fraction of sp³-hybridized carbons (Fsp3) is 0.243. The van der Waals surface area contributed by atoms with Crippen LogP contribution in [0.1, 0.15) is 39.4 Å². The van der Waals surface area contributed by atoms with Gasteiger partial charge >= 0.3 is 0 Å². The van der Waals surface area contributed by atoms with E-state index < -0.39 is 0 Å². The molecule has 4 aliphatic heterocycles. The van der Waals surface area contributed by atoms with E-state index in [1.807, 2.05) is 42.5 Å². The van der Waals surface area contributed by atoms with Gasteiger partial charge in [0.15, 0.2) is 34.5 Å². The molecule has 8 nitrogen and oxygen atoms in total. The molecule has 0 amide bonds. The Morgan fingerprint density at radius 1 is 0.889 bits per heavy atom. The maximum Gasteiger partial charge on any atom is 0.202 e. The Kier molecular flexibility index (Phi) is 6.99. The molecule has 0 aromatic heterocycles. The summed E-state index contributed by atoms with van der Waals surface area (Å²) in [4.78, 5) is 2.36. The highest BCUT2D eigenvalue weighted by Gasteiger charge is 2.35. The smallest absolute Gasteiger partial charge is 0.202 e. The van der Waals surface area contributed by atoms with E-state index in [1.54, 1.807) is 13.2 Å². The Morgan fingerprint density at radius 2 is 1.67 bits per heavy atom. The summed E-state index contributed by atoms with van der Waals surface area (Å²) in [5, 5.41) is 22.4. The molecule has 6 bridgehead atoms. The van der Waals surface area contributed by atoms with Crippen molar-refractivity contribution in [3.63, 3.8) is 0 Å². The third-order valence-electron chi connectivity index (χ3n) is 9.10. The van der Waals surface area contributed by atoms with E-state index in [9.17, 15) is 10.2 Å². The Morgan fingerprint density at radius 3 is 2.42 bits per heavy atom. The van der Waals surface area contributed by atoms with Crippen molar-refractivity contribution in [1.29, 1.82) is 0 Å². The molecule has 4 aromatic carbocycles. The van der Waals surface area contributed by atoms with Crippen LogP contribution in [-0.4, -0.2) is 61.5 Å². The first kappa shape index (κ1) is 28.8. The molecule has 0 saturated carbocycles. The Bertz CT molecular complexity index is 1880. The van der Waals surface area contributed by atoms with Gasteiger partial charge in [-0.25, -0.2) is 0 Å². The minimum absolute atomic E-state index is 0.0172. The summed E-state index contributed by atoms with van der Waals surface area (Å²) < 4.78 is 24.7. The number of aromatic hydroxyl groups is 2. The van der Waals surface area contributed by atoms with Crippen LogP contribution in [-0.2, 0) is 12.8 Å². The third kappa shape index (κ3) is 5.06. The van der Waals surface area contributed by atoms with Crippen LogP contribution in [0.4, 0.5) is 0 Å². The van der Waals surface area contributed by atoms with Crippen LogP contribution in [0.2, 0.25) is 0 Å². The van der Waals surface area contributed by atoms with Crippen LogP contribution in [0.25, 0.3) is 17.8 Å². The molecule has 0 spiro atoms. The van der Waals surface area contributed by atoms with Gasteiger partial charge in [-0.2, -0.15) is 0 Å². The lowest BCUT2D eigenvalue weighted by atomic mass is 9.88. The van der Waals surface area contributed by atoms with Crippen molar-refractivity contribution in [3.8, 4) is 46.0 Å². The summed E-state index contributed by atoms with van der Waals surface area (Å²) in [6.07, 6.45) is 7.78. The van der Waals surface area contributed by atoms with Crippen molar-refractivity contribution in [2.45, 2.75) is 18.9 Å². The van der Waals surface area contributed by atoms with E-state index in [0.717, 1.165) is 47.3 Å². The third-order valence-corrected chi connectivity index (χ3v) is 9.10. The number of nitrogens with zero attached hydrogens (tertiary/aromatic N) is 2. The molecule has 4 heterocycles. The number of phenols is 2. The van der Waals surface area contributed by atoms with E-state index >= 15 is 0 Å². The summed E-state index contributed by atoms with van der Waals surface area (Å²) >= 11 is 0. The SMILES string of the molecule is COc1cc2c3cc1Oc1cc(ccc1O)/C=C1\c4c(cc(OC)c(O)c4Oc4ccc(cc4)C[C@@H]3N(C)CC2)C=C[N+]1(C)C. The maximum absolute atomic E-state index is 11.4. The normalized spacial score (nSPS) is 19.2. The van der Waals surface area contributed by atoms with Gasteiger partial charge in [-0.15, -0.1) is 0 Å². The number of hydrogen-bond acceptors (Lipinski definition) is 7. The molecule has 8 rings (SSSR count). The van der Waals surface area contributed by atoms with E-state index in [4.69, 9.17) is 18.9 Å². The lowest BCUT2D eigenvalue weighted by Gasteiger charge is -2.35. The van der Waals surface area contributed by atoms with Gasteiger partial charge < -0.3 is 29.2 Å². The number of likely N-dealkylation sites (N-methyl/N-ethyl adjacent to an activating group) is 1. The summed E-state index contributed by atoms with van der Waals surface area (Å²) in [6.45, 7) is 0.920. The van der Waals surface area contributed by atoms with Gasteiger partial charge in [-0.1, -0.05) is 18.2 Å². The number of rotatable bonds is 2. The minimum Gasteiger partial charge on any atom is -0.504 e. The van der Waals surface area contributed by atoms with Crippen LogP contribution in [0.5, 0.6) is 46.0 Å². The number of methoxy groups -OCH3 is 2. The second-order valence-corrected chi connectivity index (χ2v) is 12.3. The second-order valence-electron chi connectivity index (χ2n) is 12.3. The second kappa shape index (κ2) is 10.9. The van der Waals surface area contributed by atoms with Gasteiger partial charge in [-0.05, 0) is 84.6 Å². The zero-order valence-corrected chi connectivity index (χ0v) is 26.1. The quantitative estimate of drug-likeness (QED) is 0.231. The van der Waals surface area contributed by atoms with Crippen molar-refractivity contribution in [1.82, 2.24) is 4.90 Å². The first-order chi connectivity index (χ1) is 21.6. The summed E-state index contributed by atoms with van der Waals surface area (Å²) in [6, 6.07) is 19.4. The number of ether oxygens (including phenoxy) is 4. The molecular formula is C37H37N2O6+. The molecular weight excluding hydrogens is 568 g/mol. The van der Waals surface area contributed by atoms with Crippen LogP contribution >= 0.6 is 0 Å². The minimum atomic E-state index is -0.0763. The highest BCUT2D eigenvalue weighted by molar-refractivity contribution is 5.89. The lowest BCUT2D eigenvalue weighted by molar-refractivity contribution is -0.761. The molecule has 4 aliphatic rings. The monoisotopic (exact) mass is 605 g/mol. The Balaban J connectivity index is 1.48. The van der Waals surface area contributed by atoms with Crippen LogP contribution in [0.15, 0.2) is 66.9 Å². The molecule has 2 N–H and O–H groups in total. The zero-order valence-electron chi connectivity index (χ0n) is 26.1. The molecule has 0 aliphatic carbocycles. The summed E-state index contributed by atoms with van der Waals surface area (Å²) in [5.41, 5.74) is 6.80. The molecule has 1 atom stereocenters. The van der Waals surface area contributed by atoms with Gasteiger partial charge in [0.1, 0.15) is 17.6 Å². The number of phenolic OH excluding ortho intramolecular Hbond substituents is 2. The van der Waals surface area contributed by atoms with Gasteiger partial charge in [0, 0.05) is 30.3 Å². The molecule has 0 saturated heterocycles. The molecule has 45 heavy (non-hydrogen) atoms. The van der Waals surface area contributed by atoms with Gasteiger partial charge in [0.05, 0.1) is 33.9 Å². The zero-order chi connectivity index (χ0) is 31.5. The molecule has 0 fully saturated rings. The predicted molar refractivity (Wildman–Crippen MR) is 174 cm³/mol. The van der Waals surface area contributed by atoms with E-state index in [0.29, 0.717) is 39.0 Å². The largest absolute Gasteiger partial charge is 0.504 e. The van der Waals surface area contributed by atoms with Crippen molar-refractivity contribution in [3.05, 3.63) is 100 Å². The predicted octanol–water partition coefficient (Wildman–Crippen LogP) is 7.34. The van der Waals surface area contributed by atoms with Gasteiger partial charge in [0.2, 0.25) is 5.75 Å². The molecule has 4 aromatic rings. The molecule has 0 unspecified atom stereocenters. The summed E-state index contributed by atoms with van der Waals surface area (Å²) in [7, 11) is 9.42. The average Bonchev–Trinajstić information content (AvgIpc) is 3.03. The number of hydrogen-bond donors (Lipinski definition) is 2. The highest BCUT2D eigenvalue weighted by Crippen LogP contribution is 2.51. The van der Waals surface area contributed by atoms with E-state index in [1.165, 1.54) is 18.2 Å². The summed E-state index contributed by atoms with van der Waals surface area (Å²) in [5.74, 6) is 2.66. The highest BCUT2D eigenvalue weighted by atomic mass is 16.5. The number of quaternary nitrogens is 1. The standard InChI is InChI=1S/C37H36N2O6/c1-38-14-12-24-19-32(42-4)33-21-27(24)28(38)16-22-6-9-26(10-7-22)44-37-35-25(20-34(43-5)36(37)41)13-15-39(2,3)29(35)17-23-8-11-30(40)31(18-23)45-33/h6-11,13,15,17-21,28H,12,14,16H2,1-5H3,(H-,40,41)/p+1/b29-17+/t28-/m0/s1. The van der Waals surface area contributed by atoms with Crippen molar-refractivity contribution < 1.29 is 33.6 Å². The van der Waals surface area contributed by atoms with E-state index in [-0.39, 0.29) is 17.5 Å². The molecule has 230 valence electrons. The fourth-order valence-electron chi connectivity index (χ4n) is 6.52. The van der Waals surface area contributed by atoms with Gasteiger partial charge in [-0.3, -0.25) is 9.38 Å². The van der Waals surface area contributed by atoms with E-state index in [2.05, 4.69) is 56.5 Å². The molecule has 0 radical (unpaired) electrons. The fourth-order valence-corrected chi connectivity index (χ4v) is 6.52. The van der Waals surface area contributed by atoms with Crippen LogP contribution < -0.4 is 18.9 Å². The van der Waals surface area contributed by atoms with Gasteiger partial charge in [0.25, 0.3) is 0 Å². The Hall–Kier alpha value is -4.92. The maximum atomic E-state index is 11.4. The molecule has 8 heteroatoms. The van der Waals surface area contributed by atoms with Crippen LogP contribution in [0.3, 0.4) is 0 Å².